The molecule has 0 aliphatic carbocycles. The smallest absolute Gasteiger partial charge is 0.338 e. The Hall–Kier alpha value is -2.41. The molecule has 1 aromatic carbocycles. The summed E-state index contributed by atoms with van der Waals surface area (Å²) in [5.41, 5.74) is 0.486. The fourth-order valence-corrected chi connectivity index (χ4v) is 2.17. The van der Waals surface area contributed by atoms with Crippen LogP contribution in [0.25, 0.3) is 0 Å². The van der Waals surface area contributed by atoms with E-state index in [4.69, 9.17) is 21.1 Å². The highest BCUT2D eigenvalue weighted by Gasteiger charge is 2.29. The third-order valence-electron chi connectivity index (χ3n) is 3.42. The Balaban J connectivity index is 2.76. The van der Waals surface area contributed by atoms with E-state index in [1.54, 1.807) is 52.0 Å². The molecule has 0 aliphatic heterocycles. The molecule has 0 spiro atoms. The molecular formula is C19H24ClFN2O4. The van der Waals surface area contributed by atoms with Gasteiger partial charge in [-0.25, -0.2) is 14.2 Å². The lowest BCUT2D eigenvalue weighted by Crippen LogP contribution is -2.41. The van der Waals surface area contributed by atoms with Crippen LogP contribution in [0.1, 0.15) is 43.6 Å². The predicted octanol–water partition coefficient (Wildman–Crippen LogP) is 4.04. The van der Waals surface area contributed by atoms with Crippen molar-refractivity contribution in [3.63, 3.8) is 0 Å². The van der Waals surface area contributed by atoms with E-state index in [0.29, 0.717) is 5.56 Å². The number of allylic oxidation sites excluding steroid dienone is 1. The first-order valence-electron chi connectivity index (χ1n) is 8.24. The summed E-state index contributed by atoms with van der Waals surface area (Å²) in [7, 11) is 0. The van der Waals surface area contributed by atoms with Crippen LogP contribution in [0, 0.1) is 0 Å². The fraction of sp³-hybridized carbons (Fsp3) is 0.421. The lowest BCUT2D eigenvalue weighted by molar-refractivity contribution is -0.131. The van der Waals surface area contributed by atoms with Crippen LogP contribution in [0.15, 0.2) is 40.2 Å². The number of halogens is 2. The van der Waals surface area contributed by atoms with Gasteiger partial charge in [0.2, 0.25) is 0 Å². The maximum Gasteiger partial charge on any atom is 0.338 e. The molecule has 0 unspecified atom stereocenters. The fourth-order valence-electron chi connectivity index (χ4n) is 2.03. The summed E-state index contributed by atoms with van der Waals surface area (Å²) in [6, 6.07) is 6.44. The van der Waals surface area contributed by atoms with Crippen LogP contribution in [0.4, 0.5) is 4.39 Å². The van der Waals surface area contributed by atoms with Crippen LogP contribution < -0.4 is 0 Å². The number of nitrogens with zero attached hydrogens (tertiary/aromatic N) is 2. The predicted molar refractivity (Wildman–Crippen MR) is 102 cm³/mol. The molecule has 0 saturated carbocycles. The van der Waals surface area contributed by atoms with E-state index in [9.17, 15) is 14.0 Å². The van der Waals surface area contributed by atoms with Crippen LogP contribution in [0.3, 0.4) is 0 Å². The molecule has 1 rings (SSSR count). The van der Waals surface area contributed by atoms with Crippen LogP contribution in [-0.2, 0) is 20.9 Å². The number of hydrogen-bond donors (Lipinski definition) is 0. The number of esters is 1. The van der Waals surface area contributed by atoms with Gasteiger partial charge in [0.15, 0.2) is 0 Å². The summed E-state index contributed by atoms with van der Waals surface area (Å²) < 4.78 is 22.3. The molecule has 0 saturated heterocycles. The first-order valence-corrected chi connectivity index (χ1v) is 8.62. The first-order chi connectivity index (χ1) is 12.6. The van der Waals surface area contributed by atoms with Crippen molar-refractivity contribution < 1.29 is 23.5 Å². The van der Waals surface area contributed by atoms with Gasteiger partial charge in [0.25, 0.3) is 5.91 Å². The van der Waals surface area contributed by atoms with Crippen molar-refractivity contribution in [3.8, 4) is 0 Å². The molecule has 0 N–H and O–H groups in total. The van der Waals surface area contributed by atoms with E-state index < -0.39 is 24.1 Å². The summed E-state index contributed by atoms with van der Waals surface area (Å²) in [6.07, 6.45) is 0. The maximum atomic E-state index is 12.4. The van der Waals surface area contributed by atoms with Crippen LogP contribution in [0.5, 0.6) is 0 Å². The normalized spacial score (nSPS) is 12.1. The van der Waals surface area contributed by atoms with Crippen molar-refractivity contribution in [1.29, 1.82) is 0 Å². The van der Waals surface area contributed by atoms with Gasteiger partial charge >= 0.3 is 5.97 Å². The second kappa shape index (κ2) is 10.1. The van der Waals surface area contributed by atoms with E-state index in [0.717, 1.165) is 5.56 Å². The zero-order valence-corrected chi connectivity index (χ0v) is 16.7. The third-order valence-corrected chi connectivity index (χ3v) is 3.85. The van der Waals surface area contributed by atoms with Gasteiger partial charge in [-0.3, -0.25) is 4.79 Å². The van der Waals surface area contributed by atoms with Gasteiger partial charge in [-0.15, -0.1) is 0 Å². The summed E-state index contributed by atoms with van der Waals surface area (Å²) in [4.78, 5) is 24.0. The molecule has 27 heavy (non-hydrogen) atoms. The Labute approximate surface area is 163 Å². The number of carbonyl (C=O) groups excluding carboxylic acids is 2. The van der Waals surface area contributed by atoms with Crippen LogP contribution >= 0.6 is 11.6 Å². The van der Waals surface area contributed by atoms with E-state index >= 15 is 0 Å². The quantitative estimate of drug-likeness (QED) is 0.218. The highest BCUT2D eigenvalue weighted by atomic mass is 35.5. The number of ether oxygens (including phenoxy) is 2. The second-order valence-corrected chi connectivity index (χ2v) is 6.99. The number of hydrogen-bond acceptors (Lipinski definition) is 5. The number of rotatable bonds is 8. The SMILES string of the molecule is C=NN(C(=O)/C(Cl)=C(\C)OCc1ccc(C(=O)OCCF)cc1)C(C)(C)C. The second-order valence-electron chi connectivity index (χ2n) is 6.61. The summed E-state index contributed by atoms with van der Waals surface area (Å²) in [5, 5.41) is 4.81. The van der Waals surface area contributed by atoms with E-state index in [1.165, 1.54) is 5.01 Å². The maximum absolute atomic E-state index is 12.4. The van der Waals surface area contributed by atoms with Gasteiger partial charge < -0.3 is 9.47 Å². The molecule has 6 nitrogen and oxygen atoms in total. The molecule has 148 valence electrons. The average Bonchev–Trinajstić information content (AvgIpc) is 2.63. The summed E-state index contributed by atoms with van der Waals surface area (Å²) in [6.45, 7) is 9.54. The lowest BCUT2D eigenvalue weighted by Gasteiger charge is -2.30. The molecule has 0 bridgehead atoms. The molecule has 1 amide bonds. The van der Waals surface area contributed by atoms with Crippen molar-refractivity contribution >= 4 is 30.2 Å². The van der Waals surface area contributed by atoms with Crippen molar-refractivity contribution in [1.82, 2.24) is 5.01 Å². The van der Waals surface area contributed by atoms with Crippen LogP contribution in [-0.4, -0.2) is 42.4 Å². The monoisotopic (exact) mass is 398 g/mol. The summed E-state index contributed by atoms with van der Waals surface area (Å²) >= 11 is 6.13. The largest absolute Gasteiger partial charge is 0.492 e. The van der Waals surface area contributed by atoms with Gasteiger partial charge in [-0.2, -0.15) is 5.10 Å². The Kier molecular flexibility index (Phi) is 8.43. The molecule has 1 aromatic rings. The summed E-state index contributed by atoms with van der Waals surface area (Å²) in [5.74, 6) is -0.863. The molecular weight excluding hydrogens is 375 g/mol. The van der Waals surface area contributed by atoms with Crippen molar-refractivity contribution in [3.05, 3.63) is 46.2 Å². The Morgan fingerprint density at radius 3 is 2.30 bits per heavy atom. The van der Waals surface area contributed by atoms with Gasteiger partial charge in [0.05, 0.1) is 11.1 Å². The average molecular weight is 399 g/mol. The van der Waals surface area contributed by atoms with Gasteiger partial charge in [0, 0.05) is 6.72 Å². The molecule has 0 aromatic heterocycles. The topological polar surface area (TPSA) is 68.2 Å². The zero-order chi connectivity index (χ0) is 20.6. The minimum Gasteiger partial charge on any atom is -0.492 e. The molecule has 8 heteroatoms. The zero-order valence-electron chi connectivity index (χ0n) is 15.9. The third kappa shape index (κ3) is 6.67. The van der Waals surface area contributed by atoms with Crippen molar-refractivity contribution in [2.45, 2.75) is 39.8 Å². The van der Waals surface area contributed by atoms with Crippen molar-refractivity contribution in [2.75, 3.05) is 13.3 Å². The number of benzene rings is 1. The molecule has 0 fully saturated rings. The van der Waals surface area contributed by atoms with Crippen molar-refractivity contribution in [2.24, 2.45) is 5.10 Å². The standard InChI is InChI=1S/C19H24ClFN2O4/c1-13(16(20)17(24)23(22-5)19(2,3)4)27-12-14-6-8-15(9-7-14)18(25)26-11-10-21/h6-9H,5,10-12H2,1-4H3/b16-13-. The molecule has 0 atom stereocenters. The van der Waals surface area contributed by atoms with Crippen LogP contribution in [0.2, 0.25) is 0 Å². The van der Waals surface area contributed by atoms with Gasteiger partial charge in [-0.05, 0) is 45.4 Å². The molecule has 0 radical (unpaired) electrons. The molecule has 0 heterocycles. The molecule has 0 aliphatic rings. The van der Waals surface area contributed by atoms with Gasteiger partial charge in [-0.1, -0.05) is 23.7 Å². The number of hydrazone groups is 1. The lowest BCUT2D eigenvalue weighted by atomic mass is 10.1. The first kappa shape index (κ1) is 22.6. The Bertz CT molecular complexity index is 711. The number of amides is 1. The number of alkyl halides is 1. The number of carbonyl (C=O) groups is 2. The van der Waals surface area contributed by atoms with Gasteiger partial charge in [0.1, 0.15) is 30.7 Å². The Morgan fingerprint density at radius 2 is 1.81 bits per heavy atom. The minimum atomic E-state index is -0.725. The Morgan fingerprint density at radius 1 is 1.22 bits per heavy atom. The highest BCUT2D eigenvalue weighted by molar-refractivity contribution is 6.42. The van der Waals surface area contributed by atoms with E-state index in [2.05, 4.69) is 11.8 Å². The minimum absolute atomic E-state index is 0.0938. The van der Waals surface area contributed by atoms with E-state index in [1.807, 2.05) is 0 Å². The highest BCUT2D eigenvalue weighted by Crippen LogP contribution is 2.22. The van der Waals surface area contributed by atoms with E-state index in [-0.39, 0.29) is 24.0 Å².